The number of alkyl halides is 6. The molecule has 0 aromatic heterocycles. The predicted molar refractivity (Wildman–Crippen MR) is 607 cm³/mol. The Balaban J connectivity index is -0.0000000246. The van der Waals surface area contributed by atoms with E-state index >= 15 is 0 Å². The lowest BCUT2D eigenvalue weighted by molar-refractivity contribution is -0.178. The molecule has 131 heavy (non-hydrogen) atoms. The molecule has 1 fully saturated rings. The summed E-state index contributed by atoms with van der Waals surface area (Å²) in [6, 6.07) is 0. The molecule has 33 heteroatoms. The highest BCUT2D eigenvalue weighted by Gasteiger charge is 2.26. The van der Waals surface area contributed by atoms with Crippen LogP contribution >= 0.6 is 35.3 Å². The standard InChI is InChI=1S/C5H12O2.C5H10O2.C5H10.C4H9NO.C4H9N.C4H10O.2C4H10.2C4H8.C3H5F3.C3H6NO2S.C3H7NO2S.2C3H9N.2C3H8O.C3H6O.2C3H8S.C3H8.2C3H6.2C2H7N.C2H6O.C2H6S.C2H6.3CH3F.3CH4/c1-5(2,6-3)7-4;1-4(2)7-5(3)6;1-4-3-5(4)2;1-4(6)5(2)3;2*1-4(2)5-3;1-4(2)3;3*1-3-4-2;1-3(5,6)2-4;1-4-3-7(5)6-2;1-3-4-7(2,5)6;1-4(2)3;3*1-3-4-2;1-3(2)4;2*1-3-4-2;7*1-3-2;4*1-2;;;/h1-4H3;4H,1-3H3;4-5H,3H2,1-2H3;1-3H3;1-3H3;4H,1-3H3;4H,1-3H3;3-4H2,1-2H3;2*3-4H,1-2H3;2H2,1H3;1-2H3;3H,1-2H3;1-3H3;4H,3H2,1-2H3;2*3H2,1-2H3;1-2H3;2*3H2,1-2H3;3H2,1-2H3;2*3H,1H2,2H3;2*3H,1-2H3;2*1-2H3;1-2H3;3*1H3;3*1H4/q;;;;;;;;;;;-1;;;;;;;;;;;;;;;;;;;;;;. The average Bonchev–Trinajstić information content (AvgIpc) is 1.76. The van der Waals surface area contributed by atoms with Crippen LogP contribution in [-0.4, -0.2) is 309 Å². The van der Waals surface area contributed by atoms with Crippen LogP contribution in [0.5, 0.6) is 0 Å². The third-order valence-corrected chi connectivity index (χ3v) is 10.4. The van der Waals surface area contributed by atoms with E-state index in [2.05, 4.69) is 167 Å². The third-order valence-electron chi connectivity index (χ3n) is 7.97. The average molecular weight is 2030 g/mol. The lowest BCUT2D eigenvalue weighted by atomic mass is 10.3. The van der Waals surface area contributed by atoms with Crippen molar-refractivity contribution in [3.05, 3.63) is 49.6 Å². The molecule has 0 aromatic carbocycles. The third kappa shape index (κ3) is 1190. The van der Waals surface area contributed by atoms with Gasteiger partial charge in [-0.1, -0.05) is 186 Å². The topological polar surface area (TPSA) is 256 Å². The number of rotatable bonds is 13. The van der Waals surface area contributed by atoms with Gasteiger partial charge in [0, 0.05) is 131 Å². The maximum Gasteiger partial charge on any atom is 0.302 e. The van der Waals surface area contributed by atoms with Gasteiger partial charge in [-0.25, -0.2) is 21.6 Å². The van der Waals surface area contributed by atoms with Crippen LogP contribution in [0.15, 0.2) is 64.0 Å². The van der Waals surface area contributed by atoms with Crippen molar-refractivity contribution in [1.29, 1.82) is 0 Å². The molecular weight excluding hydrogens is 1790 g/mol. The number of allylic oxidation sites excluding steroid dienone is 6. The highest BCUT2D eigenvalue weighted by Crippen LogP contribution is 2.36. The number of carbonyl (C=O) groups excluding carboxylic acids is 3. The number of aliphatic imine (C=N–C) groups is 2. The van der Waals surface area contributed by atoms with E-state index in [9.17, 15) is 53.4 Å². The van der Waals surface area contributed by atoms with E-state index < -0.39 is 39.1 Å². The number of nitrogens with zero attached hydrogens (tertiary/aromatic N) is 5. The van der Waals surface area contributed by atoms with Crippen LogP contribution < -0.4 is 16.0 Å². The molecule has 0 bridgehead atoms. The van der Waals surface area contributed by atoms with Gasteiger partial charge in [0.1, 0.15) is 5.78 Å². The zero-order valence-electron chi connectivity index (χ0n) is 96.7. The van der Waals surface area contributed by atoms with Crippen LogP contribution in [-0.2, 0) is 76.6 Å². The molecule has 1 rings (SSSR count). The first-order chi connectivity index (χ1) is 59.1. The minimum Gasteiger partial charge on any atom is -0.463 e. The Morgan fingerprint density at radius 1 is 0.588 bits per heavy atom. The molecule has 22 nitrogen and oxygen atoms in total. The number of sulfonamides is 1. The molecule has 2 atom stereocenters. The Bertz CT molecular complexity index is 1880. The quantitative estimate of drug-likeness (QED) is 0.0294. The number of unbranched alkanes of at least 4 members (excludes halogenated alkanes) is 1. The Morgan fingerprint density at radius 2 is 0.756 bits per heavy atom. The Morgan fingerprint density at radius 3 is 0.763 bits per heavy atom. The number of hydrogen-bond donors (Lipinski definition) is 3. The van der Waals surface area contributed by atoms with Crippen LogP contribution in [0.1, 0.15) is 297 Å². The van der Waals surface area contributed by atoms with E-state index in [0.717, 1.165) is 49.5 Å². The van der Waals surface area contributed by atoms with Crippen LogP contribution in [0.3, 0.4) is 0 Å². The number of methoxy groups -OCH3 is 6. The van der Waals surface area contributed by atoms with Gasteiger partial charge < -0.3 is 72.1 Å². The number of esters is 1. The van der Waals surface area contributed by atoms with Gasteiger partial charge in [-0.05, 0) is 255 Å². The van der Waals surface area contributed by atoms with Crippen molar-refractivity contribution in [1.82, 2.24) is 25.8 Å². The highest BCUT2D eigenvalue weighted by atomic mass is 32.2. The number of Topliss-reactive ketones (excluding diaryl/α,β-unsaturated/α-hetero) is 1. The molecule has 0 radical (unpaired) electrons. The van der Waals surface area contributed by atoms with Crippen molar-refractivity contribution < 1.29 is 90.7 Å². The van der Waals surface area contributed by atoms with Crippen molar-refractivity contribution >= 4 is 90.7 Å². The van der Waals surface area contributed by atoms with Gasteiger partial charge in [0.15, 0.2) is 12.5 Å². The van der Waals surface area contributed by atoms with E-state index in [0.29, 0.717) is 34.6 Å². The molecule has 1 saturated carbocycles. The summed E-state index contributed by atoms with van der Waals surface area (Å²) in [4.78, 5) is 40.2. The number of halogens is 6. The number of carbonyl (C=O) groups is 3. The lowest BCUT2D eigenvalue weighted by Crippen LogP contribution is -2.24. The summed E-state index contributed by atoms with van der Waals surface area (Å²) in [5.41, 5.74) is 1.13. The largest absolute Gasteiger partial charge is 0.463 e. The number of ketones is 1. The zero-order chi connectivity index (χ0) is 111. The number of isothiocyanates is 1. The number of hydrogen-bond acceptors (Lipinski definition) is 24. The minimum atomic E-state index is -3.12. The zero-order valence-corrected chi connectivity index (χ0v) is 101. The van der Waals surface area contributed by atoms with Gasteiger partial charge in [0.25, 0.3) is 5.92 Å². The molecule has 1 aliphatic carbocycles. The molecular formula is C98H243F6N8O14S5-. The summed E-state index contributed by atoms with van der Waals surface area (Å²) < 4.78 is 131. The van der Waals surface area contributed by atoms with Crippen molar-refractivity contribution in [2.24, 2.45) is 32.1 Å². The number of amides is 1. The highest BCUT2D eigenvalue weighted by molar-refractivity contribution is 7.98. The van der Waals surface area contributed by atoms with Crippen molar-refractivity contribution in [2.45, 2.75) is 321 Å². The molecule has 832 valence electrons. The van der Waals surface area contributed by atoms with Gasteiger partial charge >= 0.3 is 5.97 Å². The van der Waals surface area contributed by atoms with Crippen LogP contribution in [0.4, 0.5) is 26.3 Å². The monoisotopic (exact) mass is 2030 g/mol. The summed E-state index contributed by atoms with van der Waals surface area (Å²) in [7, 11) is 32.0. The molecule has 0 saturated heterocycles. The first kappa shape index (κ1) is 229. The molecule has 3 N–H and O–H groups in total. The Kier molecular flexibility index (Phi) is 476. The fourth-order valence-corrected chi connectivity index (χ4v) is 1.83. The molecule has 0 spiro atoms. The van der Waals surface area contributed by atoms with E-state index in [1.54, 1.807) is 102 Å². The molecule has 0 aromatic rings. The summed E-state index contributed by atoms with van der Waals surface area (Å²) in [6.45, 7) is 77.0. The second kappa shape index (κ2) is 273. The van der Waals surface area contributed by atoms with E-state index in [1.807, 2.05) is 246 Å². The van der Waals surface area contributed by atoms with Crippen LogP contribution in [0, 0.1) is 17.8 Å². The summed E-state index contributed by atoms with van der Waals surface area (Å²) in [5, 5.41) is 10.6. The summed E-state index contributed by atoms with van der Waals surface area (Å²) >= 11 is 5.46. The Labute approximate surface area is 837 Å². The predicted octanol–water partition coefficient (Wildman–Crippen LogP) is 28.6. The summed E-state index contributed by atoms with van der Waals surface area (Å²) in [5.74, 6) is 1.91. The van der Waals surface area contributed by atoms with Crippen LogP contribution in [0.2, 0.25) is 0 Å². The van der Waals surface area contributed by atoms with Gasteiger partial charge in [-0.3, -0.25) is 32.7 Å². The fourth-order valence-electron chi connectivity index (χ4n) is 1.23. The van der Waals surface area contributed by atoms with Crippen molar-refractivity contribution in [3.63, 3.8) is 0 Å². The first-order valence-electron chi connectivity index (χ1n) is 42.5. The molecule has 0 aliphatic heterocycles. The maximum atomic E-state index is 11.1. The SMILES string of the molecule is C.C.C.C=CC.C=CC.CC.CC(=O)N(C)C.CC(=O)OC(C)C.CC(C)=O.CC(C)C.CC(F)(F)CF.CC1CC1C.CC=CC.CC=CC.CC=NS(C)(=O)=O.CCC.CCCC.CCNC.CCOC.CCOC.CCSC.CCSC.CF.CF.CF.CN(C)C.CN=C(C)C.CN=C=[S-](=O)OC.CNC.CNC.COC.COC(C)(C)OC.COC(C)C.CSC. The fraction of sp³-hybridized carbons (Fsp3) is 0.857. The van der Waals surface area contributed by atoms with Crippen molar-refractivity contribution in [3.8, 4) is 0 Å². The van der Waals surface area contributed by atoms with Gasteiger partial charge in [0.2, 0.25) is 15.9 Å². The second-order valence-electron chi connectivity index (χ2n) is 25.2. The maximum absolute atomic E-state index is 11.1. The number of nitrogens with one attached hydrogen (secondary N) is 3. The lowest BCUT2D eigenvalue weighted by Gasteiger charge is -2.19. The second-order valence-corrected chi connectivity index (χ2v) is 31.0. The minimum absolute atomic E-state index is 0. The van der Waals surface area contributed by atoms with Crippen LogP contribution in [0.25, 0.3) is 0 Å². The molecule has 1 aliphatic rings. The van der Waals surface area contributed by atoms with Crippen molar-refractivity contribution in [2.75, 3.05) is 232 Å². The molecule has 1 amide bonds. The normalized spacial score (nSPS) is 9.46. The first-order valence-corrected chi connectivity index (χ1v) is 49.8. The van der Waals surface area contributed by atoms with E-state index in [-0.39, 0.29) is 46.0 Å². The van der Waals surface area contributed by atoms with E-state index in [4.69, 9.17) is 14.2 Å². The number of thioether (sulfide) groups is 3. The molecule has 2 unspecified atom stereocenters. The Hall–Kier alpha value is -3.22. The van der Waals surface area contributed by atoms with E-state index in [1.165, 1.54) is 90.2 Å². The number of ether oxygens (including phenoxy) is 7. The van der Waals surface area contributed by atoms with Gasteiger partial charge in [0.05, 0.1) is 40.0 Å². The molecule has 0 heterocycles. The van der Waals surface area contributed by atoms with Gasteiger partial charge in [-0.2, -0.15) is 39.7 Å². The smallest absolute Gasteiger partial charge is 0.302 e. The summed E-state index contributed by atoms with van der Waals surface area (Å²) in [6.07, 6.45) is 27.8. The van der Waals surface area contributed by atoms with Gasteiger partial charge in [-0.15, -0.1) is 18.3 Å².